The van der Waals surface area contributed by atoms with Crippen LogP contribution in [0, 0.1) is 16.5 Å². The van der Waals surface area contributed by atoms with Gasteiger partial charge < -0.3 is 16.4 Å². The van der Waals surface area contributed by atoms with Crippen molar-refractivity contribution in [1.29, 1.82) is 5.26 Å². The predicted octanol–water partition coefficient (Wildman–Crippen LogP) is 5.74. The van der Waals surface area contributed by atoms with Crippen LogP contribution in [0.5, 0.6) is 0 Å². The molecule has 1 aliphatic carbocycles. The van der Waals surface area contributed by atoms with Gasteiger partial charge in [-0.1, -0.05) is 31.2 Å². The number of hydrogen-bond donors (Lipinski definition) is 3. The van der Waals surface area contributed by atoms with Gasteiger partial charge in [-0.2, -0.15) is 10.3 Å². The van der Waals surface area contributed by atoms with Crippen LogP contribution in [0.4, 0.5) is 21.6 Å². The van der Waals surface area contributed by atoms with Crippen LogP contribution in [-0.2, 0) is 26.2 Å². The van der Waals surface area contributed by atoms with Gasteiger partial charge in [0, 0.05) is 28.0 Å². The quantitative estimate of drug-likeness (QED) is 0.105. The number of anilines is 2. The average Bonchev–Trinajstić information content (AvgIpc) is 3.81. The Morgan fingerprint density at radius 3 is 2.36 bits per heavy atom. The molecule has 0 bridgehead atoms. The van der Waals surface area contributed by atoms with Gasteiger partial charge in [0.25, 0.3) is 0 Å². The lowest BCUT2D eigenvalue weighted by Gasteiger charge is -2.16. The summed E-state index contributed by atoms with van der Waals surface area (Å²) in [4.78, 5) is 22.1. The molecular formula is C32H29FN6O2S. The number of carbonyl (C=O) groups excluding carboxylic acids is 1. The van der Waals surface area contributed by atoms with Gasteiger partial charge in [0.15, 0.2) is 17.2 Å². The first-order valence-corrected chi connectivity index (χ1v) is 15.0. The lowest BCUT2D eigenvalue weighted by molar-refractivity contribution is -0.118. The third-order valence-electron chi connectivity index (χ3n) is 7.29. The van der Waals surface area contributed by atoms with Gasteiger partial charge in [-0.05, 0) is 96.4 Å². The largest absolute Gasteiger partial charge is 0.369 e. The number of aromatic nitrogens is 1. The molecule has 0 radical (unpaired) electrons. The van der Waals surface area contributed by atoms with Crippen molar-refractivity contribution in [2.75, 3.05) is 10.6 Å². The Morgan fingerprint density at radius 2 is 1.76 bits per heavy atom. The Kier molecular flexibility index (Phi) is 7.79. The van der Waals surface area contributed by atoms with Gasteiger partial charge in [0.1, 0.15) is 5.82 Å². The van der Waals surface area contributed by atoms with E-state index < -0.39 is 14.9 Å². The highest BCUT2D eigenvalue weighted by Crippen LogP contribution is 2.49. The second kappa shape index (κ2) is 11.5. The van der Waals surface area contributed by atoms with E-state index in [2.05, 4.69) is 26.5 Å². The van der Waals surface area contributed by atoms with Crippen molar-refractivity contribution in [2.45, 2.75) is 36.5 Å². The van der Waals surface area contributed by atoms with E-state index in [-0.39, 0.29) is 17.7 Å². The number of nitrogens with zero attached hydrogens (tertiary/aromatic N) is 3. The molecule has 1 aliphatic rings. The minimum Gasteiger partial charge on any atom is -0.369 e. The maximum absolute atomic E-state index is 13.3. The van der Waals surface area contributed by atoms with Crippen molar-refractivity contribution in [3.8, 4) is 16.5 Å². The second-order valence-electron chi connectivity index (χ2n) is 10.1. The molecule has 1 fully saturated rings. The Hall–Kier alpha value is -5.01. The molecule has 4 aromatic rings. The number of nitriles is 1. The van der Waals surface area contributed by atoms with Crippen LogP contribution in [0.2, 0.25) is 0 Å². The Labute approximate surface area is 244 Å². The number of nitrogens with two attached hydrogens (primary N) is 1. The summed E-state index contributed by atoms with van der Waals surface area (Å²) < 4.78 is 25.6. The third kappa shape index (κ3) is 6.01. The summed E-state index contributed by atoms with van der Waals surface area (Å²) in [6.07, 6.45) is 3.77. The zero-order valence-electron chi connectivity index (χ0n) is 22.9. The van der Waals surface area contributed by atoms with E-state index in [9.17, 15) is 13.4 Å². The molecule has 3 aromatic carbocycles. The number of aryl methyl sites for hydroxylation is 1. The molecule has 1 amide bonds. The first-order valence-electron chi connectivity index (χ1n) is 13.3. The number of benzene rings is 3. The van der Waals surface area contributed by atoms with Crippen LogP contribution in [0.3, 0.4) is 0 Å². The van der Waals surface area contributed by atoms with Crippen LogP contribution < -0.4 is 16.4 Å². The summed E-state index contributed by atoms with van der Waals surface area (Å²) in [6, 6.07) is 22.2. The summed E-state index contributed by atoms with van der Waals surface area (Å²) in [6.45, 7) is 1.94. The lowest BCUT2D eigenvalue weighted by atomic mass is 9.95. The number of carbonyl (C=O) groups is 1. The molecule has 0 aliphatic heterocycles. The van der Waals surface area contributed by atoms with Gasteiger partial charge in [-0.25, -0.2) is 13.6 Å². The molecule has 1 aromatic heterocycles. The fourth-order valence-corrected chi connectivity index (χ4v) is 5.42. The molecule has 0 saturated heterocycles. The Balaban J connectivity index is 1.23. The van der Waals surface area contributed by atoms with E-state index in [0.717, 1.165) is 35.1 Å². The van der Waals surface area contributed by atoms with Crippen LogP contribution >= 0.6 is 0 Å². The lowest BCUT2D eigenvalue weighted by Crippen LogP contribution is -2.27. The highest BCUT2D eigenvalue weighted by atomic mass is 32.2. The molecule has 8 nitrogen and oxygen atoms in total. The standard InChI is InChI=1S/C32H29FN6O2S/c1-3-21-18-27(42(2,41)20-34)13-14-28(21)38-31(35)39-29-15-6-23(19-36-29)22-4-11-26(12-5-22)37-30(40)32(16-17-32)24-7-9-25(33)10-8-24/h4-15,18-19H,2-3,16-17H2,1H3,(H,37,40)(H3,35,36,38,39). The third-order valence-corrected chi connectivity index (χ3v) is 8.60. The number of amides is 1. The van der Waals surface area contributed by atoms with E-state index in [1.165, 1.54) is 12.1 Å². The molecule has 1 unspecified atom stereocenters. The monoisotopic (exact) mass is 580 g/mol. The molecule has 42 heavy (non-hydrogen) atoms. The van der Waals surface area contributed by atoms with E-state index in [1.807, 2.05) is 37.3 Å². The summed E-state index contributed by atoms with van der Waals surface area (Å²) in [7, 11) is -3.00. The summed E-state index contributed by atoms with van der Waals surface area (Å²) in [5, 5.41) is 16.9. The Morgan fingerprint density at radius 1 is 1.07 bits per heavy atom. The molecule has 0 spiro atoms. The number of rotatable bonds is 8. The maximum atomic E-state index is 13.3. The van der Waals surface area contributed by atoms with Gasteiger partial charge in [0.05, 0.1) is 14.9 Å². The van der Waals surface area contributed by atoms with Crippen LogP contribution in [0.25, 0.3) is 11.1 Å². The number of thiocyanates is 1. The average molecular weight is 581 g/mol. The topological polar surface area (TPSA) is 133 Å². The highest BCUT2D eigenvalue weighted by Gasteiger charge is 2.51. The van der Waals surface area contributed by atoms with Crippen molar-refractivity contribution < 1.29 is 13.4 Å². The summed E-state index contributed by atoms with van der Waals surface area (Å²) in [5.41, 5.74) is 10.3. The predicted molar refractivity (Wildman–Crippen MR) is 165 cm³/mol. The molecular weight excluding hydrogens is 551 g/mol. The highest BCUT2D eigenvalue weighted by molar-refractivity contribution is 8.04. The molecule has 1 atom stereocenters. The van der Waals surface area contributed by atoms with Gasteiger partial charge in [-0.3, -0.25) is 4.79 Å². The fraction of sp³-hybridized carbons (Fsp3) is 0.156. The molecule has 10 heteroatoms. The number of aliphatic imine (C=N–C) groups is 1. The van der Waals surface area contributed by atoms with Gasteiger partial charge >= 0.3 is 0 Å². The van der Waals surface area contributed by atoms with E-state index in [4.69, 9.17) is 11.0 Å². The molecule has 1 heterocycles. The zero-order valence-corrected chi connectivity index (χ0v) is 23.7. The summed E-state index contributed by atoms with van der Waals surface area (Å²) in [5.74, 6) is 3.63. The number of nitrogens with one attached hydrogen (secondary N) is 2. The maximum Gasteiger partial charge on any atom is 0.235 e. The van der Waals surface area contributed by atoms with E-state index in [1.54, 1.807) is 48.0 Å². The van der Waals surface area contributed by atoms with Crippen LogP contribution in [0.15, 0.2) is 94.9 Å². The fourth-order valence-electron chi connectivity index (χ4n) is 4.69. The second-order valence-corrected chi connectivity index (χ2v) is 12.1. The smallest absolute Gasteiger partial charge is 0.235 e. The van der Waals surface area contributed by atoms with Crippen LogP contribution in [-0.4, -0.2) is 26.9 Å². The molecule has 5 rings (SSSR count). The summed E-state index contributed by atoms with van der Waals surface area (Å²) >= 11 is 0. The van der Waals surface area contributed by atoms with E-state index in [0.29, 0.717) is 28.5 Å². The number of guanidine groups is 1. The van der Waals surface area contributed by atoms with Crippen molar-refractivity contribution in [3.05, 3.63) is 102 Å². The minimum absolute atomic E-state index is 0.0943. The Bertz CT molecular complexity index is 1810. The molecule has 1 saturated carbocycles. The molecule has 212 valence electrons. The van der Waals surface area contributed by atoms with Gasteiger partial charge in [0.2, 0.25) is 5.91 Å². The number of hydrogen-bond acceptors (Lipinski definition) is 5. The van der Waals surface area contributed by atoms with Crippen molar-refractivity contribution in [3.63, 3.8) is 0 Å². The number of pyridine rings is 1. The van der Waals surface area contributed by atoms with Crippen molar-refractivity contribution >= 4 is 44.5 Å². The SMILES string of the molecule is C=S(=O)(C#N)c1ccc(NC(N)=Nc2ccc(-c3ccc(NC(=O)C4(c5ccc(F)cc5)CC4)cc3)cn2)c(CC)c1. The van der Waals surface area contributed by atoms with Crippen molar-refractivity contribution in [2.24, 2.45) is 10.7 Å². The number of halogens is 1. The van der Waals surface area contributed by atoms with Gasteiger partial charge in [-0.15, -0.1) is 0 Å². The van der Waals surface area contributed by atoms with Crippen LogP contribution in [0.1, 0.15) is 30.9 Å². The normalized spacial score (nSPS) is 15.2. The first-order chi connectivity index (χ1) is 20.1. The van der Waals surface area contributed by atoms with E-state index >= 15 is 0 Å². The minimum atomic E-state index is -3.00. The molecule has 4 N–H and O–H groups in total. The van der Waals surface area contributed by atoms with Crippen molar-refractivity contribution in [1.82, 2.24) is 4.98 Å². The first kappa shape index (κ1) is 28.5. The zero-order chi connectivity index (χ0) is 29.9.